The van der Waals surface area contributed by atoms with Gasteiger partial charge in [-0.25, -0.2) is 17.8 Å². The van der Waals surface area contributed by atoms with Crippen LogP contribution in [0.5, 0.6) is 0 Å². The Morgan fingerprint density at radius 2 is 1.85 bits per heavy atom. The molecule has 1 aromatic heterocycles. The van der Waals surface area contributed by atoms with Gasteiger partial charge < -0.3 is 9.80 Å². The number of sulfonamides is 1. The molecule has 7 nitrogen and oxygen atoms in total. The SMILES string of the molecule is CC(=O)N1CCN(c2ccc(NS(=O)(=O)c3ccc(F)cc3C)cn2)CC1. The summed E-state index contributed by atoms with van der Waals surface area (Å²) < 4.78 is 40.7. The number of aryl methyl sites for hydroxylation is 1. The molecule has 9 heteroatoms. The normalized spacial score (nSPS) is 14.9. The van der Waals surface area contributed by atoms with Crippen molar-refractivity contribution in [1.82, 2.24) is 9.88 Å². The molecule has 1 fully saturated rings. The first-order chi connectivity index (χ1) is 12.8. The Morgan fingerprint density at radius 1 is 1.15 bits per heavy atom. The minimum atomic E-state index is -3.83. The summed E-state index contributed by atoms with van der Waals surface area (Å²) in [6.45, 7) is 5.71. The van der Waals surface area contributed by atoms with Crippen LogP contribution in [0.25, 0.3) is 0 Å². The predicted octanol–water partition coefficient (Wildman–Crippen LogP) is 2.00. The van der Waals surface area contributed by atoms with E-state index in [-0.39, 0.29) is 10.8 Å². The second-order valence-electron chi connectivity index (χ2n) is 6.41. The third-order valence-electron chi connectivity index (χ3n) is 4.48. The summed E-state index contributed by atoms with van der Waals surface area (Å²) in [7, 11) is -3.83. The highest BCUT2D eigenvalue weighted by molar-refractivity contribution is 7.92. The van der Waals surface area contributed by atoms with Gasteiger partial charge in [-0.1, -0.05) is 0 Å². The van der Waals surface area contributed by atoms with Crippen molar-refractivity contribution in [1.29, 1.82) is 0 Å². The fraction of sp³-hybridized carbons (Fsp3) is 0.333. The van der Waals surface area contributed by atoms with Gasteiger partial charge in [0.05, 0.1) is 16.8 Å². The van der Waals surface area contributed by atoms with E-state index in [4.69, 9.17) is 0 Å². The third kappa shape index (κ3) is 4.36. The van der Waals surface area contributed by atoms with Gasteiger partial charge in [0, 0.05) is 33.1 Å². The van der Waals surface area contributed by atoms with Gasteiger partial charge in [-0.05, 0) is 42.8 Å². The van der Waals surface area contributed by atoms with E-state index >= 15 is 0 Å². The molecule has 2 aromatic rings. The average molecular weight is 392 g/mol. The van der Waals surface area contributed by atoms with Crippen LogP contribution in [-0.4, -0.2) is 50.4 Å². The highest BCUT2D eigenvalue weighted by Gasteiger charge is 2.20. The summed E-state index contributed by atoms with van der Waals surface area (Å²) >= 11 is 0. The fourth-order valence-corrected chi connectivity index (χ4v) is 4.28. The number of hydrogen-bond acceptors (Lipinski definition) is 5. The topological polar surface area (TPSA) is 82.6 Å². The largest absolute Gasteiger partial charge is 0.353 e. The lowest BCUT2D eigenvalue weighted by atomic mass is 10.2. The number of amides is 1. The Kier molecular flexibility index (Phi) is 5.31. The predicted molar refractivity (Wildman–Crippen MR) is 101 cm³/mol. The summed E-state index contributed by atoms with van der Waals surface area (Å²) in [6, 6.07) is 6.90. The summed E-state index contributed by atoms with van der Waals surface area (Å²) in [6.07, 6.45) is 1.45. The Balaban J connectivity index is 1.70. The van der Waals surface area contributed by atoms with Crippen molar-refractivity contribution in [3.8, 4) is 0 Å². The van der Waals surface area contributed by atoms with Crippen LogP contribution in [0.2, 0.25) is 0 Å². The van der Waals surface area contributed by atoms with Crippen molar-refractivity contribution in [2.75, 3.05) is 35.8 Å². The van der Waals surface area contributed by atoms with Crippen LogP contribution in [0.1, 0.15) is 12.5 Å². The Bertz CT molecular complexity index is 940. The molecule has 27 heavy (non-hydrogen) atoms. The van der Waals surface area contributed by atoms with E-state index in [1.807, 2.05) is 4.90 Å². The number of nitrogens with zero attached hydrogens (tertiary/aromatic N) is 3. The first-order valence-corrected chi connectivity index (χ1v) is 10.00. The maximum atomic E-state index is 13.2. The number of carbonyl (C=O) groups excluding carboxylic acids is 1. The molecule has 1 saturated heterocycles. The number of anilines is 2. The van der Waals surface area contributed by atoms with Crippen molar-refractivity contribution in [2.45, 2.75) is 18.7 Å². The maximum absolute atomic E-state index is 13.2. The quantitative estimate of drug-likeness (QED) is 0.861. The highest BCUT2D eigenvalue weighted by atomic mass is 32.2. The molecule has 0 aliphatic carbocycles. The van der Waals surface area contributed by atoms with Gasteiger partial charge in [-0.2, -0.15) is 0 Å². The zero-order valence-electron chi connectivity index (χ0n) is 15.1. The molecule has 144 valence electrons. The Hall–Kier alpha value is -2.68. The zero-order chi connectivity index (χ0) is 19.6. The summed E-state index contributed by atoms with van der Waals surface area (Å²) in [5.41, 5.74) is 0.653. The van der Waals surface area contributed by atoms with Crippen LogP contribution in [0.15, 0.2) is 41.4 Å². The molecule has 1 aliphatic rings. The molecule has 3 rings (SSSR count). The van der Waals surface area contributed by atoms with Crippen molar-refractivity contribution >= 4 is 27.4 Å². The molecule has 0 spiro atoms. The number of carbonyl (C=O) groups is 1. The van der Waals surface area contributed by atoms with Gasteiger partial charge in [0.15, 0.2) is 0 Å². The van der Waals surface area contributed by atoms with E-state index in [2.05, 4.69) is 9.71 Å². The molecule has 1 aromatic carbocycles. The Labute approximate surface area is 157 Å². The molecule has 1 aliphatic heterocycles. The van der Waals surface area contributed by atoms with Crippen LogP contribution in [-0.2, 0) is 14.8 Å². The first-order valence-electron chi connectivity index (χ1n) is 8.52. The highest BCUT2D eigenvalue weighted by Crippen LogP contribution is 2.21. The molecule has 0 unspecified atom stereocenters. The van der Waals surface area contributed by atoms with E-state index in [1.165, 1.54) is 18.3 Å². The van der Waals surface area contributed by atoms with Crippen molar-refractivity contribution in [2.24, 2.45) is 0 Å². The smallest absolute Gasteiger partial charge is 0.262 e. The monoisotopic (exact) mass is 392 g/mol. The van der Waals surface area contributed by atoms with E-state index in [0.29, 0.717) is 37.4 Å². The molecule has 1 amide bonds. The van der Waals surface area contributed by atoms with Gasteiger partial charge in [0.2, 0.25) is 5.91 Å². The lowest BCUT2D eigenvalue weighted by molar-refractivity contribution is -0.129. The van der Waals surface area contributed by atoms with E-state index in [1.54, 1.807) is 30.9 Å². The number of halogens is 1. The molecule has 1 N–H and O–H groups in total. The number of rotatable bonds is 4. The molecule has 0 atom stereocenters. The van der Waals surface area contributed by atoms with Crippen molar-refractivity contribution in [3.63, 3.8) is 0 Å². The van der Waals surface area contributed by atoms with Gasteiger partial charge in [-0.3, -0.25) is 9.52 Å². The number of hydrogen-bond donors (Lipinski definition) is 1. The lowest BCUT2D eigenvalue weighted by Gasteiger charge is -2.34. The lowest BCUT2D eigenvalue weighted by Crippen LogP contribution is -2.48. The Morgan fingerprint density at radius 3 is 2.41 bits per heavy atom. The van der Waals surface area contributed by atoms with Crippen molar-refractivity contribution in [3.05, 3.63) is 47.9 Å². The molecular weight excluding hydrogens is 371 g/mol. The van der Waals surface area contributed by atoms with Gasteiger partial charge >= 0.3 is 0 Å². The van der Waals surface area contributed by atoms with Crippen LogP contribution in [0, 0.1) is 12.7 Å². The van der Waals surface area contributed by atoms with Crippen LogP contribution in [0.4, 0.5) is 15.9 Å². The number of piperazine rings is 1. The molecule has 2 heterocycles. The zero-order valence-corrected chi connectivity index (χ0v) is 16.0. The van der Waals surface area contributed by atoms with Crippen LogP contribution < -0.4 is 9.62 Å². The minimum absolute atomic E-state index is 0.0216. The van der Waals surface area contributed by atoms with Crippen LogP contribution >= 0.6 is 0 Å². The molecule has 0 radical (unpaired) electrons. The second-order valence-corrected chi connectivity index (χ2v) is 8.06. The van der Waals surface area contributed by atoms with Gasteiger partial charge in [0.1, 0.15) is 11.6 Å². The van der Waals surface area contributed by atoms with Crippen molar-refractivity contribution < 1.29 is 17.6 Å². The van der Waals surface area contributed by atoms with E-state index in [0.717, 1.165) is 11.9 Å². The van der Waals surface area contributed by atoms with Gasteiger partial charge in [-0.15, -0.1) is 0 Å². The minimum Gasteiger partial charge on any atom is -0.353 e. The standard InChI is InChI=1S/C18H21FN4O3S/c1-13-11-15(19)3-5-17(13)27(25,26)21-16-4-6-18(20-12-16)23-9-7-22(8-10-23)14(2)24/h3-6,11-12,21H,7-10H2,1-2H3. The third-order valence-corrected chi connectivity index (χ3v) is 6.02. The van der Waals surface area contributed by atoms with E-state index in [9.17, 15) is 17.6 Å². The number of pyridine rings is 1. The molecule has 0 bridgehead atoms. The molecule has 0 saturated carbocycles. The van der Waals surface area contributed by atoms with Crippen LogP contribution in [0.3, 0.4) is 0 Å². The van der Waals surface area contributed by atoms with Gasteiger partial charge in [0.25, 0.3) is 10.0 Å². The summed E-state index contributed by atoms with van der Waals surface area (Å²) in [4.78, 5) is 19.6. The maximum Gasteiger partial charge on any atom is 0.262 e. The molecular formula is C18H21FN4O3S. The second kappa shape index (κ2) is 7.51. The fourth-order valence-electron chi connectivity index (χ4n) is 3.01. The number of benzene rings is 1. The number of nitrogens with one attached hydrogen (secondary N) is 1. The summed E-state index contributed by atoms with van der Waals surface area (Å²) in [5.74, 6) is 0.296. The number of aromatic nitrogens is 1. The summed E-state index contributed by atoms with van der Waals surface area (Å²) in [5, 5.41) is 0. The van der Waals surface area contributed by atoms with E-state index < -0.39 is 15.8 Å². The average Bonchev–Trinajstić information content (AvgIpc) is 2.62. The first kappa shape index (κ1) is 19.1.